The zero-order chi connectivity index (χ0) is 21.8. The van der Waals surface area contributed by atoms with Gasteiger partial charge in [-0.1, -0.05) is 35.9 Å². The number of thioether (sulfide) groups is 1. The molecule has 1 unspecified atom stereocenters. The first-order chi connectivity index (χ1) is 15.1. The summed E-state index contributed by atoms with van der Waals surface area (Å²) < 4.78 is 14.6. The third-order valence-corrected chi connectivity index (χ3v) is 6.12. The highest BCUT2D eigenvalue weighted by Gasteiger charge is 2.45. The first kappa shape index (κ1) is 21.5. The molecule has 1 aromatic heterocycles. The van der Waals surface area contributed by atoms with Gasteiger partial charge >= 0.3 is 0 Å². The molecule has 0 saturated carbocycles. The number of rotatable bonds is 9. The van der Waals surface area contributed by atoms with Crippen molar-refractivity contribution in [2.24, 2.45) is 0 Å². The van der Waals surface area contributed by atoms with E-state index in [1.807, 2.05) is 36.6 Å². The largest absolute Gasteiger partial charge is 0.383 e. The minimum atomic E-state index is -0.283. The average Bonchev–Trinajstić information content (AvgIpc) is 3.40. The van der Waals surface area contributed by atoms with Gasteiger partial charge in [0.25, 0.3) is 5.91 Å². The molecule has 2 aromatic carbocycles. The van der Waals surface area contributed by atoms with Gasteiger partial charge in [-0.3, -0.25) is 10.2 Å². The number of carbonyl (C=O) groups excluding carboxylic acids is 1. The number of anilines is 2. The average molecular weight is 457 g/mol. The number of carbonyl (C=O) groups is 1. The van der Waals surface area contributed by atoms with E-state index >= 15 is 0 Å². The lowest BCUT2D eigenvalue weighted by Gasteiger charge is -2.11. The van der Waals surface area contributed by atoms with Crippen LogP contribution < -0.4 is 10.7 Å². The van der Waals surface area contributed by atoms with Crippen molar-refractivity contribution in [3.05, 3.63) is 71.8 Å². The molecule has 1 aliphatic heterocycles. The van der Waals surface area contributed by atoms with E-state index in [0.717, 1.165) is 22.4 Å². The second kappa shape index (κ2) is 9.58. The van der Waals surface area contributed by atoms with Crippen molar-refractivity contribution >= 4 is 40.6 Å². The molecule has 0 bridgehead atoms. The first-order valence-corrected chi connectivity index (χ1v) is 11.5. The monoisotopic (exact) mass is 456 g/mol. The molecule has 5 nitrogen and oxygen atoms in total. The molecule has 1 aliphatic rings. The molecule has 1 amide bonds. The Bertz CT molecular complexity index is 1080. The summed E-state index contributed by atoms with van der Waals surface area (Å²) in [4.78, 5) is 17.1. The zero-order valence-corrected chi connectivity index (χ0v) is 18.5. The second-order valence-electron chi connectivity index (χ2n) is 7.17. The molecule has 1 saturated heterocycles. The van der Waals surface area contributed by atoms with Crippen LogP contribution >= 0.6 is 23.4 Å². The lowest BCUT2D eigenvalue weighted by atomic mass is 10.0. The van der Waals surface area contributed by atoms with Crippen molar-refractivity contribution in [3.8, 4) is 11.1 Å². The number of hydrogen-bond acceptors (Lipinski definition) is 5. The molecule has 3 aromatic rings. The van der Waals surface area contributed by atoms with Crippen molar-refractivity contribution in [3.63, 3.8) is 0 Å². The second-order valence-corrected chi connectivity index (χ2v) is 8.40. The van der Waals surface area contributed by atoms with Gasteiger partial charge in [0.05, 0.1) is 17.6 Å². The summed E-state index contributed by atoms with van der Waals surface area (Å²) >= 11 is 7.41. The maximum atomic E-state index is 14.6. The van der Waals surface area contributed by atoms with Gasteiger partial charge < -0.3 is 5.32 Å². The summed E-state index contributed by atoms with van der Waals surface area (Å²) in [6.45, 7) is 0.581. The number of benzene rings is 2. The van der Waals surface area contributed by atoms with Crippen LogP contribution in [-0.2, 0) is 4.79 Å². The Kier molecular flexibility index (Phi) is 6.63. The molecule has 0 spiro atoms. The topological polar surface area (TPSA) is 57.0 Å². The Labute approximate surface area is 190 Å². The maximum absolute atomic E-state index is 14.6. The summed E-state index contributed by atoms with van der Waals surface area (Å²) in [5.74, 6) is -0.243. The third kappa shape index (κ3) is 5.11. The summed E-state index contributed by atoms with van der Waals surface area (Å²) in [5, 5.41) is 5.11. The number of halogens is 2. The van der Waals surface area contributed by atoms with Crippen molar-refractivity contribution in [2.45, 2.75) is 23.8 Å². The number of hydrazine groups is 1. The van der Waals surface area contributed by atoms with Crippen LogP contribution in [0.4, 0.5) is 15.8 Å². The van der Waals surface area contributed by atoms with Gasteiger partial charge in [-0.05, 0) is 60.6 Å². The minimum absolute atomic E-state index is 0.0398. The first-order valence-electron chi connectivity index (χ1n) is 9.95. The normalized spacial score (nSPS) is 15.1. The van der Waals surface area contributed by atoms with E-state index in [-0.39, 0.29) is 17.8 Å². The number of aromatic nitrogens is 1. The molecule has 1 atom stereocenters. The SMILES string of the molecule is CSc1ccccc1-c1ccc(NCCCC2C(=O)N2Nc2ccc(Cl)nc2)c(F)c1. The molecule has 160 valence electrons. The van der Waals surface area contributed by atoms with Crippen LogP contribution in [-0.4, -0.2) is 34.7 Å². The van der Waals surface area contributed by atoms with E-state index < -0.39 is 0 Å². The van der Waals surface area contributed by atoms with Crippen LogP contribution in [0.3, 0.4) is 0 Å². The smallest absolute Gasteiger partial charge is 0.266 e. The number of hydrogen-bond donors (Lipinski definition) is 2. The minimum Gasteiger partial charge on any atom is -0.383 e. The molecule has 2 heterocycles. The predicted molar refractivity (Wildman–Crippen MR) is 125 cm³/mol. The molecule has 0 radical (unpaired) electrons. The van der Waals surface area contributed by atoms with Crippen molar-refractivity contribution in [1.82, 2.24) is 9.99 Å². The summed E-state index contributed by atoms with van der Waals surface area (Å²) in [6.07, 6.45) is 5.01. The standard InChI is InChI=1S/C23H22ClFN4OS/c1-31-21-7-3-2-5-17(21)15-8-10-19(18(25)13-15)26-12-4-6-20-23(30)29(20)28-16-9-11-22(24)27-14-16/h2-3,5,7-11,13-14,20,26,28H,4,6,12H2,1H3. The number of nitrogens with one attached hydrogen (secondary N) is 2. The van der Waals surface area contributed by atoms with Gasteiger partial charge in [0, 0.05) is 11.4 Å². The van der Waals surface area contributed by atoms with Crippen molar-refractivity contribution in [1.29, 1.82) is 0 Å². The number of nitrogens with zero attached hydrogens (tertiary/aromatic N) is 2. The third-order valence-electron chi connectivity index (χ3n) is 5.10. The molecule has 0 aliphatic carbocycles. The van der Waals surface area contributed by atoms with E-state index in [0.29, 0.717) is 29.5 Å². The van der Waals surface area contributed by atoms with Gasteiger partial charge in [-0.2, -0.15) is 0 Å². The van der Waals surface area contributed by atoms with E-state index in [2.05, 4.69) is 15.7 Å². The van der Waals surface area contributed by atoms with Crippen LogP contribution in [0.2, 0.25) is 5.15 Å². The van der Waals surface area contributed by atoms with Crippen LogP contribution in [0.5, 0.6) is 0 Å². The number of pyridine rings is 1. The predicted octanol–water partition coefficient (Wildman–Crippen LogP) is 5.69. The van der Waals surface area contributed by atoms with Crippen molar-refractivity contribution in [2.75, 3.05) is 23.5 Å². The molecule has 31 heavy (non-hydrogen) atoms. The molecule has 4 rings (SSSR count). The Morgan fingerprint density at radius 3 is 2.77 bits per heavy atom. The molecular formula is C23H22ClFN4OS. The van der Waals surface area contributed by atoms with E-state index in [1.165, 1.54) is 0 Å². The summed E-state index contributed by atoms with van der Waals surface area (Å²) in [7, 11) is 0. The number of amides is 1. The van der Waals surface area contributed by atoms with Crippen LogP contribution in [0.25, 0.3) is 11.1 Å². The van der Waals surface area contributed by atoms with Gasteiger partial charge in [-0.25, -0.2) is 14.4 Å². The van der Waals surface area contributed by atoms with Crippen LogP contribution in [0, 0.1) is 5.82 Å². The summed E-state index contributed by atoms with van der Waals surface area (Å²) in [6, 6.07) is 16.5. The van der Waals surface area contributed by atoms with Gasteiger partial charge in [0.1, 0.15) is 17.0 Å². The quantitative estimate of drug-likeness (QED) is 0.187. The molecule has 1 fully saturated rings. The fraction of sp³-hybridized carbons (Fsp3) is 0.217. The highest BCUT2D eigenvalue weighted by molar-refractivity contribution is 7.98. The maximum Gasteiger partial charge on any atom is 0.266 e. The van der Waals surface area contributed by atoms with Gasteiger partial charge in [0.2, 0.25) is 0 Å². The highest BCUT2D eigenvalue weighted by Crippen LogP contribution is 2.32. The summed E-state index contributed by atoms with van der Waals surface area (Å²) in [5.41, 5.74) is 6.08. The lowest BCUT2D eigenvalue weighted by Crippen LogP contribution is -2.12. The van der Waals surface area contributed by atoms with E-state index in [9.17, 15) is 9.18 Å². The molecule has 2 N–H and O–H groups in total. The lowest BCUT2D eigenvalue weighted by molar-refractivity contribution is -0.113. The fourth-order valence-corrected chi connectivity index (χ4v) is 4.14. The highest BCUT2D eigenvalue weighted by atomic mass is 35.5. The molecular weight excluding hydrogens is 435 g/mol. The van der Waals surface area contributed by atoms with E-state index in [1.54, 1.807) is 47.2 Å². The fourth-order valence-electron chi connectivity index (χ4n) is 3.41. The van der Waals surface area contributed by atoms with Crippen molar-refractivity contribution < 1.29 is 9.18 Å². The zero-order valence-electron chi connectivity index (χ0n) is 16.9. The van der Waals surface area contributed by atoms with E-state index in [4.69, 9.17) is 11.6 Å². The van der Waals surface area contributed by atoms with Gasteiger partial charge in [0.15, 0.2) is 0 Å². The van der Waals surface area contributed by atoms with Gasteiger partial charge in [-0.15, -0.1) is 11.8 Å². The molecule has 8 heteroatoms. The Balaban J connectivity index is 1.26. The van der Waals surface area contributed by atoms with Crippen LogP contribution in [0.15, 0.2) is 65.7 Å². The Hall–Kier alpha value is -2.77. The Morgan fingerprint density at radius 2 is 2.03 bits per heavy atom. The Morgan fingerprint density at radius 1 is 1.19 bits per heavy atom. The van der Waals surface area contributed by atoms with Crippen LogP contribution in [0.1, 0.15) is 12.8 Å².